The number of hydrogen-bond donors (Lipinski definition) is 1. The average molecular weight is 262 g/mol. The van der Waals surface area contributed by atoms with Gasteiger partial charge >= 0.3 is 61.7 Å². The van der Waals surface area contributed by atoms with Gasteiger partial charge in [-0.15, -0.1) is 0 Å². The molecule has 4 nitrogen and oxygen atoms in total. The van der Waals surface area contributed by atoms with Crippen LogP contribution in [0.15, 0.2) is 42.5 Å². The van der Waals surface area contributed by atoms with Gasteiger partial charge in [0.1, 0.15) is 5.75 Å². The molecule has 0 aliphatic rings. The Labute approximate surface area is 136 Å². The first-order valence-electron chi connectivity index (χ1n) is 4.26. The summed E-state index contributed by atoms with van der Waals surface area (Å²) in [6.45, 7) is 0. The normalized spacial score (nSPS) is 10.8. The first-order chi connectivity index (χ1) is 7.04. The van der Waals surface area contributed by atoms with Crippen LogP contribution in [0.4, 0.5) is 0 Å². The van der Waals surface area contributed by atoms with Crippen molar-refractivity contribution in [3.05, 3.63) is 42.5 Å². The van der Waals surface area contributed by atoms with Crippen molar-refractivity contribution in [3.63, 3.8) is 0 Å². The Kier molecular flexibility index (Phi) is 4.93. The summed E-state index contributed by atoms with van der Waals surface area (Å²) in [4.78, 5) is 0. The molecular weight excluding hydrogens is 253 g/mol. The molecule has 0 heterocycles. The fourth-order valence-electron chi connectivity index (χ4n) is 1.35. The standard InChI is InChI=1S/C10H9NO3S.K/c11-15(12,13)14-10-6-5-8-3-1-2-4-9(8)7-10;/h1-7H,(H2,11,12,13);/q;+1. The van der Waals surface area contributed by atoms with Crippen LogP contribution in [0.2, 0.25) is 0 Å². The van der Waals surface area contributed by atoms with Crippen molar-refractivity contribution >= 4 is 21.1 Å². The summed E-state index contributed by atoms with van der Waals surface area (Å²) in [5.41, 5.74) is 0. The number of fused-ring (bicyclic) bond motifs is 1. The molecule has 0 amide bonds. The maximum Gasteiger partial charge on any atom is 1.00 e. The molecule has 0 radical (unpaired) electrons. The summed E-state index contributed by atoms with van der Waals surface area (Å²) in [6, 6.07) is 12.5. The van der Waals surface area contributed by atoms with E-state index in [9.17, 15) is 8.42 Å². The summed E-state index contributed by atoms with van der Waals surface area (Å²) in [7, 11) is -3.95. The van der Waals surface area contributed by atoms with E-state index in [4.69, 9.17) is 5.14 Å². The third kappa shape index (κ3) is 3.81. The van der Waals surface area contributed by atoms with Crippen molar-refractivity contribution in [2.75, 3.05) is 0 Å². The summed E-state index contributed by atoms with van der Waals surface area (Å²) >= 11 is 0. The smallest absolute Gasteiger partial charge is 0.371 e. The molecule has 0 aromatic heterocycles. The molecule has 0 aliphatic heterocycles. The van der Waals surface area contributed by atoms with E-state index in [2.05, 4.69) is 4.18 Å². The third-order valence-corrected chi connectivity index (χ3v) is 2.36. The van der Waals surface area contributed by atoms with Crippen molar-refractivity contribution in [2.45, 2.75) is 0 Å². The number of hydrogen-bond acceptors (Lipinski definition) is 3. The SMILES string of the molecule is NS(=O)(=O)Oc1ccc2ccccc2c1.[K+]. The molecule has 78 valence electrons. The molecule has 16 heavy (non-hydrogen) atoms. The van der Waals surface area contributed by atoms with Gasteiger partial charge < -0.3 is 4.18 Å². The van der Waals surface area contributed by atoms with Crippen LogP contribution in [0.1, 0.15) is 0 Å². The van der Waals surface area contributed by atoms with Crippen LogP contribution in [-0.4, -0.2) is 8.42 Å². The predicted molar refractivity (Wildman–Crippen MR) is 57.7 cm³/mol. The van der Waals surface area contributed by atoms with E-state index in [-0.39, 0.29) is 57.1 Å². The van der Waals surface area contributed by atoms with Gasteiger partial charge in [0.05, 0.1) is 0 Å². The number of nitrogens with two attached hydrogens (primary N) is 1. The Morgan fingerprint density at radius 2 is 1.62 bits per heavy atom. The molecule has 0 atom stereocenters. The Morgan fingerprint density at radius 3 is 2.25 bits per heavy atom. The van der Waals surface area contributed by atoms with Gasteiger partial charge in [-0.3, -0.25) is 0 Å². The maximum absolute atomic E-state index is 10.7. The minimum atomic E-state index is -3.95. The molecule has 0 spiro atoms. The predicted octanol–water partition coefficient (Wildman–Crippen LogP) is -1.57. The van der Waals surface area contributed by atoms with E-state index in [0.717, 1.165) is 10.8 Å². The molecule has 2 aromatic rings. The van der Waals surface area contributed by atoms with Crippen LogP contribution in [0.3, 0.4) is 0 Å². The summed E-state index contributed by atoms with van der Waals surface area (Å²) in [5.74, 6) is 0.219. The zero-order valence-corrected chi connectivity index (χ0v) is 12.7. The molecule has 0 unspecified atom stereocenters. The van der Waals surface area contributed by atoms with Crippen molar-refractivity contribution < 1.29 is 64.0 Å². The number of rotatable bonds is 2. The molecule has 0 saturated carbocycles. The minimum absolute atomic E-state index is 0. The van der Waals surface area contributed by atoms with E-state index in [1.165, 1.54) is 0 Å². The second-order valence-corrected chi connectivity index (χ2v) is 4.24. The first kappa shape index (κ1) is 14.1. The van der Waals surface area contributed by atoms with Gasteiger partial charge in [-0.25, -0.2) is 0 Å². The Balaban J connectivity index is 0.00000128. The average Bonchev–Trinajstić information content (AvgIpc) is 2.15. The van der Waals surface area contributed by atoms with E-state index >= 15 is 0 Å². The van der Waals surface area contributed by atoms with Crippen LogP contribution in [0, 0.1) is 0 Å². The second kappa shape index (κ2) is 5.59. The number of benzene rings is 2. The van der Waals surface area contributed by atoms with Gasteiger partial charge in [0.25, 0.3) is 0 Å². The zero-order valence-electron chi connectivity index (χ0n) is 8.75. The van der Waals surface area contributed by atoms with Gasteiger partial charge in [-0.05, 0) is 22.9 Å². The molecule has 0 saturated heterocycles. The van der Waals surface area contributed by atoms with Gasteiger partial charge in [-0.2, -0.15) is 13.6 Å². The summed E-state index contributed by atoms with van der Waals surface area (Å²) < 4.78 is 25.9. The molecule has 6 heteroatoms. The van der Waals surface area contributed by atoms with Gasteiger partial charge in [0, 0.05) is 0 Å². The molecule has 0 bridgehead atoms. The topological polar surface area (TPSA) is 69.4 Å². The monoisotopic (exact) mass is 262 g/mol. The first-order valence-corrected chi connectivity index (χ1v) is 5.73. The minimum Gasteiger partial charge on any atom is -0.371 e. The second-order valence-electron chi connectivity index (χ2n) is 3.09. The molecule has 2 N–H and O–H groups in total. The van der Waals surface area contributed by atoms with E-state index < -0.39 is 10.3 Å². The fraction of sp³-hybridized carbons (Fsp3) is 0. The van der Waals surface area contributed by atoms with Crippen LogP contribution in [0.25, 0.3) is 10.8 Å². The zero-order chi connectivity index (χ0) is 10.9. The van der Waals surface area contributed by atoms with Crippen molar-refractivity contribution in [1.29, 1.82) is 0 Å². The summed E-state index contributed by atoms with van der Waals surface area (Å²) in [5, 5.41) is 6.68. The molecule has 0 fully saturated rings. The van der Waals surface area contributed by atoms with E-state index in [1.54, 1.807) is 18.2 Å². The largest absolute Gasteiger partial charge is 1.00 e. The van der Waals surface area contributed by atoms with Crippen molar-refractivity contribution in [2.24, 2.45) is 5.14 Å². The van der Waals surface area contributed by atoms with Crippen molar-refractivity contribution in [1.82, 2.24) is 0 Å². The third-order valence-electron chi connectivity index (χ3n) is 1.93. The molecular formula is C10H9KNO3S+. The Hall–Kier alpha value is 0.0464. The molecule has 0 aliphatic carbocycles. The summed E-state index contributed by atoms with van der Waals surface area (Å²) in [6.07, 6.45) is 0. The van der Waals surface area contributed by atoms with Crippen LogP contribution < -0.4 is 60.7 Å². The Morgan fingerprint density at radius 1 is 1.00 bits per heavy atom. The quantitative estimate of drug-likeness (QED) is 0.665. The van der Waals surface area contributed by atoms with Crippen LogP contribution >= 0.6 is 0 Å². The maximum atomic E-state index is 10.7. The molecule has 2 rings (SSSR count). The Bertz CT molecular complexity index is 598. The fourth-order valence-corrected chi connectivity index (χ4v) is 1.73. The van der Waals surface area contributed by atoms with Crippen molar-refractivity contribution in [3.8, 4) is 5.75 Å². The van der Waals surface area contributed by atoms with Gasteiger partial charge in [-0.1, -0.05) is 30.3 Å². The van der Waals surface area contributed by atoms with E-state index in [0.29, 0.717) is 0 Å². The van der Waals surface area contributed by atoms with Crippen LogP contribution in [-0.2, 0) is 10.3 Å². The molecule has 2 aromatic carbocycles. The van der Waals surface area contributed by atoms with Crippen LogP contribution in [0.5, 0.6) is 5.75 Å². The van der Waals surface area contributed by atoms with Gasteiger partial charge in [0.15, 0.2) is 0 Å². The van der Waals surface area contributed by atoms with Gasteiger partial charge in [0.2, 0.25) is 0 Å². The van der Waals surface area contributed by atoms with E-state index in [1.807, 2.05) is 24.3 Å².